The molecule has 0 saturated heterocycles. The largest absolute Gasteiger partial charge is 0.544 e. The summed E-state index contributed by atoms with van der Waals surface area (Å²) in [4.78, 5) is 48.4. The highest BCUT2D eigenvalue weighted by Gasteiger charge is 2.32. The molecule has 0 atom stereocenters. The lowest BCUT2D eigenvalue weighted by Gasteiger charge is -2.21. The Morgan fingerprint density at radius 1 is 1.00 bits per heavy atom. The van der Waals surface area contributed by atoms with Crippen LogP contribution in [0.1, 0.15) is 70.7 Å². The maximum Gasteiger partial charge on any atom is 0.344 e. The number of carboxylic acids is 2. The molecule has 40 heavy (non-hydrogen) atoms. The van der Waals surface area contributed by atoms with Gasteiger partial charge in [-0.3, -0.25) is 4.79 Å². The molecule has 1 aromatic heterocycles. The van der Waals surface area contributed by atoms with Gasteiger partial charge in [0.25, 0.3) is 0 Å². The van der Waals surface area contributed by atoms with Crippen molar-refractivity contribution in [3.8, 4) is 11.1 Å². The molecule has 4 rings (SSSR count). The number of ether oxygens (including phenoxy) is 2. The first-order valence-corrected chi connectivity index (χ1v) is 12.5. The maximum absolute atomic E-state index is 12.9. The Morgan fingerprint density at radius 3 is 2.23 bits per heavy atom. The van der Waals surface area contributed by atoms with Crippen LogP contribution in [0.4, 0.5) is 0 Å². The Kier molecular flexibility index (Phi) is 7.38. The van der Waals surface area contributed by atoms with Gasteiger partial charge in [0.05, 0.1) is 25.3 Å². The number of fused-ring (bicyclic) bond motifs is 2. The lowest BCUT2D eigenvalue weighted by atomic mass is 9.85. The number of hydrogen-bond acceptors (Lipinski definition) is 7. The van der Waals surface area contributed by atoms with Crippen molar-refractivity contribution in [2.75, 3.05) is 14.2 Å². The van der Waals surface area contributed by atoms with Crippen molar-refractivity contribution in [2.45, 2.75) is 46.2 Å². The van der Waals surface area contributed by atoms with E-state index in [2.05, 4.69) is 0 Å². The lowest BCUT2D eigenvalue weighted by molar-refractivity contribution is -0.691. The molecule has 0 aromatic carbocycles. The average Bonchev–Trinajstić information content (AvgIpc) is 3.39. The zero-order valence-electron chi connectivity index (χ0n) is 23.2. The molecular formula is C30H30N2O8. The summed E-state index contributed by atoms with van der Waals surface area (Å²) < 4.78 is 12.8. The minimum atomic E-state index is -1.32. The van der Waals surface area contributed by atoms with E-state index in [1.54, 1.807) is 12.4 Å². The third-order valence-electron chi connectivity index (χ3n) is 6.77. The van der Waals surface area contributed by atoms with E-state index < -0.39 is 30.4 Å². The van der Waals surface area contributed by atoms with Crippen LogP contribution in [0.5, 0.6) is 0 Å². The fraction of sp³-hybridized carbons (Fsp3) is 0.300. The van der Waals surface area contributed by atoms with Crippen LogP contribution in [0.15, 0.2) is 36.9 Å². The summed E-state index contributed by atoms with van der Waals surface area (Å²) in [7, 11) is 2.52. The van der Waals surface area contributed by atoms with Crippen molar-refractivity contribution in [1.29, 1.82) is 0 Å². The molecule has 0 unspecified atom stereocenters. The molecule has 2 heterocycles. The molecule has 1 aromatic rings. The van der Waals surface area contributed by atoms with Gasteiger partial charge in [-0.15, -0.1) is 0 Å². The third-order valence-corrected chi connectivity index (χ3v) is 6.77. The number of aromatic nitrogens is 2. The standard InChI is InChI=1S/C30H30N2O8/c1-16-7-17(19-10-31(14-24(33)34)12-21(26(16)19)28(37)39-5)8-18-9-23(30(2,3)4)20-11-32(15-25(35)36)13-22(27(18)20)29(38)40-6/h7-13H,14-15H2,1-6H3,(H-,33,34,35,36). The summed E-state index contributed by atoms with van der Waals surface area (Å²) in [6, 6.07) is 1.95. The second-order valence-corrected chi connectivity index (χ2v) is 10.7. The monoisotopic (exact) mass is 546 g/mol. The number of carbonyl (C=O) groups is 4. The van der Waals surface area contributed by atoms with Gasteiger partial charge in [0, 0.05) is 29.1 Å². The van der Waals surface area contributed by atoms with E-state index in [-0.39, 0.29) is 23.1 Å². The molecule has 2 aliphatic carbocycles. The van der Waals surface area contributed by atoms with E-state index in [4.69, 9.17) is 9.47 Å². The highest BCUT2D eigenvalue weighted by Crippen LogP contribution is 2.44. The van der Waals surface area contributed by atoms with E-state index in [0.717, 1.165) is 11.1 Å². The van der Waals surface area contributed by atoms with Crippen molar-refractivity contribution in [2.24, 2.45) is 0 Å². The molecule has 10 heteroatoms. The molecule has 1 N–H and O–H groups in total. The predicted octanol–water partition coefficient (Wildman–Crippen LogP) is 2.54. The fourth-order valence-electron chi connectivity index (χ4n) is 5.17. The molecule has 3 aliphatic rings. The van der Waals surface area contributed by atoms with Crippen LogP contribution in [-0.4, -0.2) is 47.8 Å². The zero-order valence-corrected chi connectivity index (χ0v) is 23.2. The van der Waals surface area contributed by atoms with E-state index in [1.807, 2.05) is 45.9 Å². The molecule has 0 spiro atoms. The first-order valence-electron chi connectivity index (χ1n) is 12.5. The molecule has 0 fully saturated rings. The van der Waals surface area contributed by atoms with Crippen LogP contribution < -0.4 is 9.67 Å². The highest BCUT2D eigenvalue weighted by molar-refractivity contribution is 6.09. The Labute approximate surface area is 231 Å². The van der Waals surface area contributed by atoms with Crippen LogP contribution in [0, 0.1) is 0 Å². The normalized spacial score (nSPS) is 13.8. The van der Waals surface area contributed by atoms with E-state index in [9.17, 15) is 29.4 Å². The van der Waals surface area contributed by atoms with Crippen LogP contribution in [0.3, 0.4) is 0 Å². The van der Waals surface area contributed by atoms with Crippen molar-refractivity contribution in [3.63, 3.8) is 0 Å². The number of methoxy groups -OCH3 is 2. The van der Waals surface area contributed by atoms with Gasteiger partial charge in [0.1, 0.15) is 18.1 Å². The first-order chi connectivity index (χ1) is 18.7. The third kappa shape index (κ3) is 5.25. The van der Waals surface area contributed by atoms with Crippen LogP contribution in [-0.2, 0) is 37.6 Å². The minimum absolute atomic E-state index is 0.206. The van der Waals surface area contributed by atoms with Crippen LogP contribution in [0.2, 0.25) is 0 Å². The summed E-state index contributed by atoms with van der Waals surface area (Å²) in [6.45, 7) is 7.10. The van der Waals surface area contributed by atoms with E-state index in [0.29, 0.717) is 33.4 Å². The number of esters is 2. The second-order valence-electron chi connectivity index (χ2n) is 10.7. The Hall–Kier alpha value is -4.73. The summed E-state index contributed by atoms with van der Waals surface area (Å²) in [6.07, 6.45) is 9.98. The lowest BCUT2D eigenvalue weighted by Crippen LogP contribution is -2.44. The number of carboxylic acid groups (broad SMARTS) is 2. The number of rotatable bonds is 7. The molecule has 0 saturated carbocycles. The maximum atomic E-state index is 12.9. The van der Waals surface area contributed by atoms with Gasteiger partial charge < -0.3 is 29.0 Å². The highest BCUT2D eigenvalue weighted by atomic mass is 16.5. The summed E-state index contributed by atoms with van der Waals surface area (Å²) >= 11 is 0. The van der Waals surface area contributed by atoms with Crippen molar-refractivity contribution < 1.29 is 43.4 Å². The van der Waals surface area contributed by atoms with Gasteiger partial charge in [0.15, 0.2) is 18.9 Å². The Morgan fingerprint density at radius 2 is 1.65 bits per heavy atom. The van der Waals surface area contributed by atoms with Crippen molar-refractivity contribution >= 4 is 41.1 Å². The Balaban J connectivity index is 2.03. The zero-order chi connectivity index (χ0) is 29.5. The average molecular weight is 547 g/mol. The van der Waals surface area contributed by atoms with Crippen LogP contribution in [0.25, 0.3) is 28.3 Å². The quantitative estimate of drug-likeness (QED) is 0.352. The van der Waals surface area contributed by atoms with Gasteiger partial charge in [0.2, 0.25) is 0 Å². The molecule has 1 aliphatic heterocycles. The smallest absolute Gasteiger partial charge is 0.344 e. The number of allylic oxidation sites excluding steroid dienone is 3. The minimum Gasteiger partial charge on any atom is -0.544 e. The first kappa shape index (κ1) is 28.3. The van der Waals surface area contributed by atoms with Gasteiger partial charge in [-0.25, -0.2) is 9.59 Å². The van der Waals surface area contributed by atoms with E-state index in [1.165, 1.54) is 35.7 Å². The van der Waals surface area contributed by atoms with Gasteiger partial charge in [-0.1, -0.05) is 26.8 Å². The molecule has 0 radical (unpaired) electrons. The molecular weight excluding hydrogens is 516 g/mol. The molecule has 0 amide bonds. The van der Waals surface area contributed by atoms with E-state index >= 15 is 0 Å². The van der Waals surface area contributed by atoms with Gasteiger partial charge in [-0.05, 0) is 46.8 Å². The number of pyridine rings is 2. The van der Waals surface area contributed by atoms with Crippen molar-refractivity contribution in [1.82, 2.24) is 4.57 Å². The Bertz CT molecular complexity index is 1600. The SMILES string of the molecule is COC(=O)c1c[n+](CC(=O)[O-])cc2c1C(C)=C/C2=C\c1cc(C(C)(C)C)c2cn(CC(=O)O)cc(C(=O)OC)c1-2. The summed E-state index contributed by atoms with van der Waals surface area (Å²) in [5.74, 6) is -3.60. The molecule has 208 valence electrons. The number of aliphatic carboxylic acids is 2. The predicted molar refractivity (Wildman–Crippen MR) is 143 cm³/mol. The topological polar surface area (TPSA) is 139 Å². The number of nitrogens with zero attached hydrogens (tertiary/aromatic N) is 2. The number of hydrogen-bond donors (Lipinski definition) is 1. The molecule has 0 bridgehead atoms. The van der Waals surface area contributed by atoms with Crippen molar-refractivity contribution in [3.05, 3.63) is 70.3 Å². The molecule has 10 nitrogen and oxygen atoms in total. The van der Waals surface area contributed by atoms with Gasteiger partial charge >= 0.3 is 17.9 Å². The fourth-order valence-corrected chi connectivity index (χ4v) is 5.17. The second kappa shape index (κ2) is 10.4. The van der Waals surface area contributed by atoms with Gasteiger partial charge in [-0.2, -0.15) is 4.57 Å². The summed E-state index contributed by atoms with van der Waals surface area (Å²) in [5, 5.41) is 20.8. The van der Waals surface area contributed by atoms with Crippen LogP contribution >= 0.6 is 0 Å². The summed E-state index contributed by atoms with van der Waals surface area (Å²) in [5.41, 5.74) is 5.64. The number of carbonyl (C=O) groups excluding carboxylic acids is 3.